The van der Waals surface area contributed by atoms with Crippen LogP contribution in [0.15, 0.2) is 57.9 Å². The van der Waals surface area contributed by atoms with Crippen molar-refractivity contribution in [2.75, 3.05) is 5.75 Å². The van der Waals surface area contributed by atoms with E-state index in [1.165, 1.54) is 29.3 Å². The van der Waals surface area contributed by atoms with Gasteiger partial charge in [0.25, 0.3) is 0 Å². The first-order chi connectivity index (χ1) is 11.1. The number of rotatable bonds is 8. The van der Waals surface area contributed by atoms with E-state index in [9.17, 15) is 13.2 Å². The fourth-order valence-corrected chi connectivity index (χ4v) is 3.36. The van der Waals surface area contributed by atoms with E-state index in [4.69, 9.17) is 4.84 Å². The van der Waals surface area contributed by atoms with E-state index in [0.29, 0.717) is 10.9 Å². The first-order valence-corrected chi connectivity index (χ1v) is 8.43. The number of thioether (sulfide) groups is 1. The third kappa shape index (κ3) is 6.45. The minimum Gasteiger partial charge on any atom is -0.391 e. The van der Waals surface area contributed by atoms with Gasteiger partial charge in [-0.25, -0.2) is 9.37 Å². The second-order valence-corrected chi connectivity index (χ2v) is 6.69. The maximum absolute atomic E-state index is 12.6. The molecule has 1 heterocycles. The Morgan fingerprint density at radius 2 is 2.04 bits per heavy atom. The standard InChI is InChI=1S/C15H13F3N2OS2/c16-13(14(17)18)6-7-22-15-19-8-12(23-15)9-20-21-10-11-4-2-1-3-5-11/h1-5,8-9H,6-7,10H2. The van der Waals surface area contributed by atoms with Gasteiger partial charge < -0.3 is 4.84 Å². The molecule has 0 atom stereocenters. The summed E-state index contributed by atoms with van der Waals surface area (Å²) >= 11 is 2.56. The predicted molar refractivity (Wildman–Crippen MR) is 86.6 cm³/mol. The highest BCUT2D eigenvalue weighted by Gasteiger charge is 2.06. The zero-order valence-corrected chi connectivity index (χ0v) is 13.5. The molecule has 122 valence electrons. The number of aromatic nitrogens is 1. The van der Waals surface area contributed by atoms with Crippen molar-refractivity contribution in [3.05, 3.63) is 58.9 Å². The summed E-state index contributed by atoms with van der Waals surface area (Å²) in [6.45, 7) is 0.373. The topological polar surface area (TPSA) is 34.5 Å². The summed E-state index contributed by atoms with van der Waals surface area (Å²) in [6.07, 6.45) is 0.570. The summed E-state index contributed by atoms with van der Waals surface area (Å²) in [7, 11) is 0. The molecular weight excluding hydrogens is 345 g/mol. The van der Waals surface area contributed by atoms with Crippen LogP contribution in [0, 0.1) is 0 Å². The van der Waals surface area contributed by atoms with Crippen molar-refractivity contribution < 1.29 is 18.0 Å². The van der Waals surface area contributed by atoms with Gasteiger partial charge in [0.05, 0.1) is 11.1 Å². The number of oxime groups is 1. The monoisotopic (exact) mass is 358 g/mol. The number of hydrogen-bond acceptors (Lipinski definition) is 5. The molecule has 0 aliphatic heterocycles. The molecule has 0 aliphatic rings. The van der Waals surface area contributed by atoms with Gasteiger partial charge in [-0.05, 0) is 5.56 Å². The van der Waals surface area contributed by atoms with E-state index in [1.54, 1.807) is 6.20 Å². The number of allylic oxidation sites excluding steroid dienone is 1. The number of benzene rings is 1. The number of hydrogen-bond donors (Lipinski definition) is 0. The van der Waals surface area contributed by atoms with Gasteiger partial charge in [0, 0.05) is 18.4 Å². The molecule has 0 spiro atoms. The third-order valence-electron chi connectivity index (χ3n) is 2.58. The largest absolute Gasteiger partial charge is 0.391 e. The molecule has 2 rings (SSSR count). The van der Waals surface area contributed by atoms with Crippen LogP contribution in [0.1, 0.15) is 16.9 Å². The molecule has 0 fully saturated rings. The summed E-state index contributed by atoms with van der Waals surface area (Å²) in [5.74, 6) is -1.16. The number of nitrogens with zero attached hydrogens (tertiary/aromatic N) is 2. The van der Waals surface area contributed by atoms with Crippen LogP contribution < -0.4 is 0 Å². The molecule has 0 bridgehead atoms. The molecule has 8 heteroatoms. The zero-order chi connectivity index (χ0) is 16.5. The van der Waals surface area contributed by atoms with Crippen molar-refractivity contribution >= 4 is 29.3 Å². The van der Waals surface area contributed by atoms with E-state index >= 15 is 0 Å². The Hall–Kier alpha value is -1.80. The maximum Gasteiger partial charge on any atom is 0.301 e. The second-order valence-electron chi connectivity index (χ2n) is 4.29. The molecular formula is C15H13F3N2OS2. The number of thiazole rings is 1. The summed E-state index contributed by atoms with van der Waals surface area (Å²) in [5, 5.41) is 3.85. The molecule has 0 amide bonds. The molecule has 2 aromatic rings. The molecule has 0 unspecified atom stereocenters. The minimum absolute atomic E-state index is 0.206. The smallest absolute Gasteiger partial charge is 0.301 e. The van der Waals surface area contributed by atoms with Gasteiger partial charge in [0.1, 0.15) is 10.9 Å². The summed E-state index contributed by atoms with van der Waals surface area (Å²) in [4.78, 5) is 10.0. The first-order valence-electron chi connectivity index (χ1n) is 6.62. The van der Waals surface area contributed by atoms with Crippen LogP contribution >= 0.6 is 23.1 Å². The van der Waals surface area contributed by atoms with Crippen molar-refractivity contribution in [2.45, 2.75) is 17.4 Å². The third-order valence-corrected chi connectivity index (χ3v) is 4.67. The highest BCUT2D eigenvalue weighted by atomic mass is 32.2. The summed E-state index contributed by atoms with van der Waals surface area (Å²) in [6, 6.07) is 9.63. The van der Waals surface area contributed by atoms with Gasteiger partial charge in [-0.15, -0.1) is 11.3 Å². The molecule has 0 saturated heterocycles. The predicted octanol–water partition coefficient (Wildman–Crippen LogP) is 5.25. The fourth-order valence-electron chi connectivity index (χ4n) is 1.49. The zero-order valence-electron chi connectivity index (χ0n) is 11.9. The van der Waals surface area contributed by atoms with Gasteiger partial charge in [0.15, 0.2) is 5.83 Å². The first kappa shape index (κ1) is 17.6. The maximum atomic E-state index is 12.6. The van der Waals surface area contributed by atoms with Gasteiger partial charge in [0.2, 0.25) is 0 Å². The van der Waals surface area contributed by atoms with Crippen LogP contribution in [-0.4, -0.2) is 17.0 Å². The quantitative estimate of drug-likeness (QED) is 0.367. The SMILES string of the molecule is FC(F)=C(F)CCSc1ncc(C=NOCc2ccccc2)s1. The van der Waals surface area contributed by atoms with E-state index in [2.05, 4.69) is 10.1 Å². The van der Waals surface area contributed by atoms with Crippen LogP contribution in [0.4, 0.5) is 13.2 Å². The van der Waals surface area contributed by atoms with Gasteiger partial charge in [-0.1, -0.05) is 47.2 Å². The average Bonchev–Trinajstić information content (AvgIpc) is 3.00. The molecule has 0 radical (unpaired) electrons. The van der Waals surface area contributed by atoms with Crippen LogP contribution in [0.5, 0.6) is 0 Å². The van der Waals surface area contributed by atoms with Crippen LogP contribution in [0.25, 0.3) is 0 Å². The molecule has 1 aromatic carbocycles. The van der Waals surface area contributed by atoms with E-state index < -0.39 is 11.9 Å². The number of halogens is 3. The molecule has 0 aliphatic carbocycles. The minimum atomic E-state index is -2.26. The van der Waals surface area contributed by atoms with Crippen molar-refractivity contribution in [1.82, 2.24) is 4.98 Å². The van der Waals surface area contributed by atoms with E-state index in [0.717, 1.165) is 10.4 Å². The molecule has 1 aromatic heterocycles. The molecule has 0 N–H and O–H groups in total. The van der Waals surface area contributed by atoms with Crippen molar-refractivity contribution in [1.29, 1.82) is 0 Å². The average molecular weight is 358 g/mol. The lowest BCUT2D eigenvalue weighted by Gasteiger charge is -1.97. The van der Waals surface area contributed by atoms with Gasteiger partial charge in [-0.2, -0.15) is 8.78 Å². The van der Waals surface area contributed by atoms with Crippen molar-refractivity contribution in [3.8, 4) is 0 Å². The highest BCUT2D eigenvalue weighted by Crippen LogP contribution is 2.26. The lowest BCUT2D eigenvalue weighted by atomic mass is 10.2. The lowest BCUT2D eigenvalue weighted by molar-refractivity contribution is 0.132. The second kappa shape index (κ2) is 9.36. The van der Waals surface area contributed by atoms with E-state index in [1.807, 2.05) is 30.3 Å². The molecule has 0 saturated carbocycles. The Morgan fingerprint density at radius 1 is 1.26 bits per heavy atom. The summed E-state index contributed by atoms with van der Waals surface area (Å²) in [5.41, 5.74) is 1.01. The Balaban J connectivity index is 1.74. The van der Waals surface area contributed by atoms with Gasteiger partial charge in [-0.3, -0.25) is 0 Å². The highest BCUT2D eigenvalue weighted by molar-refractivity contribution is 8.01. The Bertz CT molecular complexity index is 670. The fraction of sp³-hybridized carbons (Fsp3) is 0.200. The molecule has 3 nitrogen and oxygen atoms in total. The Morgan fingerprint density at radius 3 is 2.78 bits per heavy atom. The van der Waals surface area contributed by atoms with Crippen LogP contribution in [0.3, 0.4) is 0 Å². The van der Waals surface area contributed by atoms with Crippen LogP contribution in [0.2, 0.25) is 0 Å². The van der Waals surface area contributed by atoms with E-state index in [-0.39, 0.29) is 12.2 Å². The normalized spacial score (nSPS) is 10.9. The Kier molecular flexibility index (Phi) is 7.15. The van der Waals surface area contributed by atoms with Gasteiger partial charge >= 0.3 is 6.08 Å². The van der Waals surface area contributed by atoms with Crippen LogP contribution in [-0.2, 0) is 11.4 Å². The lowest BCUT2D eigenvalue weighted by Crippen LogP contribution is -1.86. The summed E-state index contributed by atoms with van der Waals surface area (Å²) < 4.78 is 37.1. The van der Waals surface area contributed by atoms with Crippen molar-refractivity contribution in [3.63, 3.8) is 0 Å². The molecule has 23 heavy (non-hydrogen) atoms. The Labute approximate surface area is 139 Å². The van der Waals surface area contributed by atoms with Crippen molar-refractivity contribution in [2.24, 2.45) is 5.16 Å².